The van der Waals surface area contributed by atoms with Gasteiger partial charge in [0.15, 0.2) is 0 Å². The number of rotatable bonds is 4. The summed E-state index contributed by atoms with van der Waals surface area (Å²) in [5.41, 5.74) is 0.404. The van der Waals surface area contributed by atoms with E-state index in [1.807, 2.05) is 0 Å². The van der Waals surface area contributed by atoms with E-state index in [2.05, 4.69) is 35.9 Å². The molecule has 3 saturated heterocycles. The Labute approximate surface area is 166 Å². The molecule has 4 nitrogen and oxygen atoms in total. The summed E-state index contributed by atoms with van der Waals surface area (Å²) in [7, 11) is 0. The van der Waals surface area contributed by atoms with Gasteiger partial charge in [0.2, 0.25) is 5.91 Å². The Kier molecular flexibility index (Phi) is 9.00. The van der Waals surface area contributed by atoms with Gasteiger partial charge in [0.05, 0.1) is 0 Å². The second-order valence-corrected chi connectivity index (χ2v) is 9.21. The molecule has 6 heteroatoms. The van der Waals surface area contributed by atoms with Gasteiger partial charge in [-0.15, -0.1) is 24.8 Å². The highest BCUT2D eigenvalue weighted by molar-refractivity contribution is 5.85. The van der Waals surface area contributed by atoms with E-state index in [4.69, 9.17) is 0 Å². The monoisotopic (exact) mass is 393 g/mol. The van der Waals surface area contributed by atoms with Crippen LogP contribution in [0.5, 0.6) is 0 Å². The highest BCUT2D eigenvalue weighted by Gasteiger charge is 2.35. The third kappa shape index (κ3) is 6.89. The summed E-state index contributed by atoms with van der Waals surface area (Å²) in [4.78, 5) is 17.3. The Morgan fingerprint density at radius 3 is 2.08 bits per heavy atom. The molecular formula is C19H37Cl2N3O. The third-order valence-electron chi connectivity index (χ3n) is 5.94. The van der Waals surface area contributed by atoms with E-state index in [1.165, 1.54) is 38.6 Å². The zero-order chi connectivity index (χ0) is 16.4. The maximum Gasteiger partial charge on any atom is 0.222 e. The SMILES string of the molecule is CC(C)(C)CCN1CCN(C(=O)CC2CC3CCC(C2)N3)CC1.Cl.Cl. The lowest BCUT2D eigenvalue weighted by Crippen LogP contribution is -2.50. The van der Waals surface area contributed by atoms with Gasteiger partial charge in [-0.1, -0.05) is 20.8 Å². The van der Waals surface area contributed by atoms with Crippen LogP contribution in [0.2, 0.25) is 0 Å². The van der Waals surface area contributed by atoms with Crippen molar-refractivity contribution in [2.75, 3.05) is 32.7 Å². The van der Waals surface area contributed by atoms with Gasteiger partial charge >= 0.3 is 0 Å². The number of nitrogens with zero attached hydrogens (tertiary/aromatic N) is 2. The normalized spacial score (nSPS) is 29.7. The maximum absolute atomic E-state index is 12.6. The van der Waals surface area contributed by atoms with Gasteiger partial charge in [0.25, 0.3) is 0 Å². The van der Waals surface area contributed by atoms with Gasteiger partial charge in [-0.05, 0) is 50.0 Å². The van der Waals surface area contributed by atoms with E-state index in [0.717, 1.165) is 32.6 Å². The lowest BCUT2D eigenvalue weighted by Gasteiger charge is -2.37. The van der Waals surface area contributed by atoms with Gasteiger partial charge in [-0.3, -0.25) is 9.69 Å². The highest BCUT2D eigenvalue weighted by atomic mass is 35.5. The minimum atomic E-state index is 0. The van der Waals surface area contributed by atoms with E-state index in [-0.39, 0.29) is 24.8 Å². The molecule has 1 amide bonds. The fourth-order valence-corrected chi connectivity index (χ4v) is 4.43. The van der Waals surface area contributed by atoms with E-state index < -0.39 is 0 Å². The Morgan fingerprint density at radius 2 is 1.56 bits per heavy atom. The number of halogens is 2. The standard InChI is InChI=1S/C19H35N3O.2ClH/c1-19(2,3)6-7-21-8-10-22(11-9-21)18(23)14-15-12-16-4-5-17(13-15)20-16;;/h15-17,20H,4-14H2,1-3H3;2*1H. The van der Waals surface area contributed by atoms with Crippen molar-refractivity contribution in [3.8, 4) is 0 Å². The van der Waals surface area contributed by atoms with Gasteiger partial charge in [-0.2, -0.15) is 0 Å². The van der Waals surface area contributed by atoms with Crippen LogP contribution in [0.15, 0.2) is 0 Å². The van der Waals surface area contributed by atoms with Crippen LogP contribution in [0.4, 0.5) is 0 Å². The molecular weight excluding hydrogens is 357 g/mol. The van der Waals surface area contributed by atoms with Crippen molar-refractivity contribution in [1.29, 1.82) is 0 Å². The summed E-state index contributed by atoms with van der Waals surface area (Å²) >= 11 is 0. The number of fused-ring (bicyclic) bond motifs is 2. The number of nitrogens with one attached hydrogen (secondary N) is 1. The van der Waals surface area contributed by atoms with Crippen LogP contribution in [0, 0.1) is 11.3 Å². The first-order valence-corrected chi connectivity index (χ1v) is 9.65. The Bertz CT molecular complexity index is 407. The summed E-state index contributed by atoms with van der Waals surface area (Å²) in [5, 5.41) is 3.67. The van der Waals surface area contributed by atoms with Crippen molar-refractivity contribution in [3.63, 3.8) is 0 Å². The Balaban J connectivity index is 0.00000156. The molecule has 1 N–H and O–H groups in total. The minimum absolute atomic E-state index is 0. The topological polar surface area (TPSA) is 35.6 Å². The van der Waals surface area contributed by atoms with Crippen molar-refractivity contribution < 1.29 is 4.79 Å². The van der Waals surface area contributed by atoms with Crippen molar-refractivity contribution in [2.45, 2.75) is 71.4 Å². The second-order valence-electron chi connectivity index (χ2n) is 9.21. The van der Waals surface area contributed by atoms with Crippen molar-refractivity contribution >= 4 is 30.7 Å². The molecule has 2 bridgehead atoms. The number of piperazine rings is 1. The molecule has 148 valence electrons. The Morgan fingerprint density at radius 1 is 1.00 bits per heavy atom. The first-order chi connectivity index (χ1) is 10.9. The lowest BCUT2D eigenvalue weighted by atomic mass is 9.89. The third-order valence-corrected chi connectivity index (χ3v) is 5.94. The number of carbonyl (C=O) groups excluding carboxylic acids is 1. The quantitative estimate of drug-likeness (QED) is 0.795. The predicted molar refractivity (Wildman–Crippen MR) is 109 cm³/mol. The van der Waals surface area contributed by atoms with E-state index >= 15 is 0 Å². The van der Waals surface area contributed by atoms with Gasteiger partial charge in [0, 0.05) is 44.7 Å². The Hall–Kier alpha value is -0.0300. The summed E-state index contributed by atoms with van der Waals surface area (Å²) < 4.78 is 0. The van der Waals surface area contributed by atoms with Crippen molar-refractivity contribution in [3.05, 3.63) is 0 Å². The van der Waals surface area contributed by atoms with Crippen LogP contribution in [0.3, 0.4) is 0 Å². The molecule has 0 saturated carbocycles. The molecule has 2 atom stereocenters. The van der Waals surface area contributed by atoms with Gasteiger partial charge < -0.3 is 10.2 Å². The largest absolute Gasteiger partial charge is 0.340 e. The van der Waals surface area contributed by atoms with Crippen molar-refractivity contribution in [2.24, 2.45) is 11.3 Å². The average molecular weight is 394 g/mol. The number of hydrogen-bond acceptors (Lipinski definition) is 3. The number of amides is 1. The molecule has 0 aromatic rings. The van der Waals surface area contributed by atoms with Crippen LogP contribution >= 0.6 is 24.8 Å². The minimum Gasteiger partial charge on any atom is -0.340 e. The van der Waals surface area contributed by atoms with Crippen LogP contribution in [0.1, 0.15) is 59.3 Å². The lowest BCUT2D eigenvalue weighted by molar-refractivity contribution is -0.134. The molecule has 0 radical (unpaired) electrons. The molecule has 2 unspecified atom stereocenters. The van der Waals surface area contributed by atoms with Crippen LogP contribution < -0.4 is 5.32 Å². The first kappa shape index (κ1) is 23.0. The predicted octanol–water partition coefficient (Wildman–Crippen LogP) is 3.33. The zero-order valence-corrected chi connectivity index (χ0v) is 17.8. The molecule has 0 aliphatic carbocycles. The summed E-state index contributed by atoms with van der Waals surface area (Å²) in [5.74, 6) is 1.03. The molecule has 3 aliphatic heterocycles. The molecule has 0 aromatic carbocycles. The zero-order valence-electron chi connectivity index (χ0n) is 16.1. The molecule has 25 heavy (non-hydrogen) atoms. The van der Waals surface area contributed by atoms with Gasteiger partial charge in [-0.25, -0.2) is 0 Å². The molecule has 3 heterocycles. The maximum atomic E-state index is 12.6. The molecule has 3 fully saturated rings. The van der Waals surface area contributed by atoms with E-state index in [9.17, 15) is 4.79 Å². The van der Waals surface area contributed by atoms with Gasteiger partial charge in [0.1, 0.15) is 0 Å². The smallest absolute Gasteiger partial charge is 0.222 e. The van der Waals surface area contributed by atoms with Crippen molar-refractivity contribution in [1.82, 2.24) is 15.1 Å². The summed E-state index contributed by atoms with van der Waals surface area (Å²) in [6.45, 7) is 12.1. The number of carbonyl (C=O) groups is 1. The molecule has 0 aromatic heterocycles. The van der Waals surface area contributed by atoms with Crippen LogP contribution in [0.25, 0.3) is 0 Å². The fourth-order valence-electron chi connectivity index (χ4n) is 4.43. The number of hydrogen-bond donors (Lipinski definition) is 1. The second kappa shape index (κ2) is 9.77. The fraction of sp³-hybridized carbons (Fsp3) is 0.947. The van der Waals surface area contributed by atoms with E-state index in [1.54, 1.807) is 0 Å². The molecule has 0 spiro atoms. The highest BCUT2D eigenvalue weighted by Crippen LogP contribution is 2.33. The number of piperidine rings is 1. The summed E-state index contributed by atoms with van der Waals surface area (Å²) in [6.07, 6.45) is 7.10. The van der Waals surface area contributed by atoms with E-state index in [0.29, 0.717) is 29.3 Å². The molecule has 3 aliphatic rings. The van der Waals surface area contributed by atoms with Crippen LogP contribution in [-0.4, -0.2) is 60.5 Å². The average Bonchev–Trinajstić information content (AvgIpc) is 2.84. The summed E-state index contributed by atoms with van der Waals surface area (Å²) in [6, 6.07) is 1.39. The molecule has 3 rings (SSSR count). The van der Waals surface area contributed by atoms with Crippen LogP contribution in [-0.2, 0) is 4.79 Å². The first-order valence-electron chi connectivity index (χ1n) is 9.65.